The summed E-state index contributed by atoms with van der Waals surface area (Å²) >= 11 is 0. The fourth-order valence-electron chi connectivity index (χ4n) is 2.04. The monoisotopic (exact) mass is 246 g/mol. The van der Waals surface area contributed by atoms with Gasteiger partial charge < -0.3 is 4.74 Å². The molecule has 80 valence electrons. The van der Waals surface area contributed by atoms with Crippen molar-refractivity contribution >= 4 is 22.5 Å². The van der Waals surface area contributed by atoms with Gasteiger partial charge in [0.05, 0.1) is 0 Å². The molecule has 0 fully saturated rings. The molecule has 0 saturated carbocycles. The Morgan fingerprint density at radius 1 is 1.00 bits per heavy atom. The van der Waals surface area contributed by atoms with Gasteiger partial charge in [-0.25, -0.2) is 0 Å². The van der Waals surface area contributed by atoms with Gasteiger partial charge in [-0.2, -0.15) is 0 Å². The zero-order valence-electron chi connectivity index (χ0n) is 8.73. The fourth-order valence-corrected chi connectivity index (χ4v) is 3.43. The molecule has 2 aromatic carbocycles. The highest BCUT2D eigenvalue weighted by Gasteiger charge is 2.18. The summed E-state index contributed by atoms with van der Waals surface area (Å²) in [5, 5.41) is 1.39. The number of ether oxygens (including phenoxy) is 1. The first-order chi connectivity index (χ1) is 7.88. The number of rotatable bonds is 1. The maximum atomic E-state index is 5.92. The van der Waals surface area contributed by atoms with Crippen LogP contribution in [0, 0.1) is 0 Å². The molecule has 16 heavy (non-hydrogen) atoms. The molecule has 3 rings (SSSR count). The van der Waals surface area contributed by atoms with Crippen LogP contribution in [0.5, 0.6) is 11.5 Å². The summed E-state index contributed by atoms with van der Waals surface area (Å²) in [7, 11) is 3.55. The van der Waals surface area contributed by atoms with E-state index in [9.17, 15) is 0 Å². The fraction of sp³-hybridized carbons (Fsp3) is 0.0769. The lowest BCUT2D eigenvalue weighted by molar-refractivity contribution is 0.461. The second-order valence-corrected chi connectivity index (χ2v) is 5.51. The van der Waals surface area contributed by atoms with Gasteiger partial charge in [-0.1, -0.05) is 38.6 Å². The molecular formula is C13H12OP2. The summed E-state index contributed by atoms with van der Waals surface area (Å²) in [4.78, 5) is 0. The topological polar surface area (TPSA) is 9.23 Å². The summed E-state index contributed by atoms with van der Waals surface area (Å²) in [6.07, 6.45) is 0.989. The normalized spacial score (nSPS) is 13.3. The molecule has 0 bridgehead atoms. The van der Waals surface area contributed by atoms with Gasteiger partial charge in [0.15, 0.2) is 0 Å². The van der Waals surface area contributed by atoms with Gasteiger partial charge in [-0.15, -0.1) is 8.93 Å². The Balaban J connectivity index is 2.12. The summed E-state index contributed by atoms with van der Waals surface area (Å²) < 4.78 is 5.92. The molecule has 2 unspecified atom stereocenters. The summed E-state index contributed by atoms with van der Waals surface area (Å²) in [5.41, 5.74) is 2.63. The summed E-state index contributed by atoms with van der Waals surface area (Å²) in [6.45, 7) is 0. The first-order valence-electron chi connectivity index (χ1n) is 5.23. The van der Waals surface area contributed by atoms with Crippen molar-refractivity contribution in [2.45, 2.75) is 6.42 Å². The molecule has 0 spiro atoms. The van der Waals surface area contributed by atoms with Gasteiger partial charge in [-0.05, 0) is 23.0 Å². The average molecular weight is 246 g/mol. The van der Waals surface area contributed by atoms with E-state index < -0.39 is 0 Å². The highest BCUT2D eigenvalue weighted by atomic mass is 32.0. The minimum absolute atomic E-state index is 0.743. The van der Waals surface area contributed by atoms with Gasteiger partial charge in [-0.3, -0.25) is 0 Å². The molecule has 1 aliphatic rings. The van der Waals surface area contributed by atoms with E-state index in [-0.39, 0.29) is 0 Å². The summed E-state index contributed by atoms with van der Waals surface area (Å²) in [6, 6.07) is 14.6. The molecule has 1 heterocycles. The van der Waals surface area contributed by atoms with Crippen LogP contribution in [-0.2, 0) is 6.42 Å². The molecule has 0 amide bonds. The molecule has 2 aromatic rings. The Morgan fingerprint density at radius 3 is 2.69 bits per heavy atom. The molecule has 0 aromatic heterocycles. The van der Waals surface area contributed by atoms with Crippen LogP contribution < -0.4 is 10.0 Å². The maximum Gasteiger partial charge on any atom is 0.131 e. The quantitative estimate of drug-likeness (QED) is 0.597. The Labute approximate surface area is 99.1 Å². The van der Waals surface area contributed by atoms with E-state index in [0.29, 0.717) is 0 Å². The summed E-state index contributed by atoms with van der Waals surface area (Å²) in [5.74, 6) is 2.02. The SMILES string of the molecule is PPc1cccc2c1Cc1ccccc1O2. The highest BCUT2D eigenvalue weighted by molar-refractivity contribution is 8.06. The van der Waals surface area contributed by atoms with E-state index in [0.717, 1.165) is 26.2 Å². The van der Waals surface area contributed by atoms with Crippen molar-refractivity contribution < 1.29 is 4.74 Å². The lowest BCUT2D eigenvalue weighted by Gasteiger charge is -2.21. The predicted molar refractivity (Wildman–Crippen MR) is 73.4 cm³/mol. The first-order valence-corrected chi connectivity index (χ1v) is 8.03. The molecule has 0 N–H and O–H groups in total. The van der Waals surface area contributed by atoms with Crippen molar-refractivity contribution in [2.75, 3.05) is 0 Å². The molecule has 0 radical (unpaired) electrons. The lowest BCUT2D eigenvalue weighted by atomic mass is 10.0. The number of fused-ring (bicyclic) bond motifs is 2. The van der Waals surface area contributed by atoms with E-state index in [2.05, 4.69) is 39.3 Å². The predicted octanol–water partition coefficient (Wildman–Crippen LogP) is 3.48. The van der Waals surface area contributed by atoms with Crippen LogP contribution in [-0.4, -0.2) is 0 Å². The highest BCUT2D eigenvalue weighted by Crippen LogP contribution is 2.37. The zero-order chi connectivity index (χ0) is 11.0. The molecule has 1 nitrogen and oxygen atoms in total. The van der Waals surface area contributed by atoms with E-state index in [1.807, 2.05) is 12.1 Å². The van der Waals surface area contributed by atoms with Crippen molar-refractivity contribution in [3.05, 3.63) is 53.6 Å². The van der Waals surface area contributed by atoms with E-state index in [4.69, 9.17) is 4.74 Å². The van der Waals surface area contributed by atoms with Crippen LogP contribution in [0.2, 0.25) is 0 Å². The van der Waals surface area contributed by atoms with Crippen molar-refractivity contribution in [2.24, 2.45) is 0 Å². The van der Waals surface area contributed by atoms with Crippen LogP contribution >= 0.6 is 17.2 Å². The molecule has 0 aliphatic carbocycles. The molecule has 1 aliphatic heterocycles. The van der Waals surface area contributed by atoms with E-state index >= 15 is 0 Å². The van der Waals surface area contributed by atoms with Crippen LogP contribution in [0.3, 0.4) is 0 Å². The third kappa shape index (κ3) is 1.65. The van der Waals surface area contributed by atoms with Gasteiger partial charge in [0.1, 0.15) is 11.5 Å². The number of hydrogen-bond donors (Lipinski definition) is 0. The smallest absolute Gasteiger partial charge is 0.131 e. The van der Waals surface area contributed by atoms with Gasteiger partial charge in [0.2, 0.25) is 0 Å². The Morgan fingerprint density at radius 2 is 1.81 bits per heavy atom. The van der Waals surface area contributed by atoms with Crippen LogP contribution in [0.1, 0.15) is 11.1 Å². The third-order valence-electron chi connectivity index (χ3n) is 2.85. The largest absolute Gasteiger partial charge is 0.457 e. The molecule has 2 atom stereocenters. The lowest BCUT2D eigenvalue weighted by Crippen LogP contribution is -2.10. The van der Waals surface area contributed by atoms with E-state index in [1.54, 1.807) is 0 Å². The minimum Gasteiger partial charge on any atom is -0.457 e. The van der Waals surface area contributed by atoms with Crippen LogP contribution in [0.25, 0.3) is 0 Å². The maximum absolute atomic E-state index is 5.92. The van der Waals surface area contributed by atoms with Crippen molar-refractivity contribution in [1.82, 2.24) is 0 Å². The average Bonchev–Trinajstić information content (AvgIpc) is 2.35. The molecular weight excluding hydrogens is 234 g/mol. The van der Waals surface area contributed by atoms with Crippen LogP contribution in [0.4, 0.5) is 0 Å². The Kier molecular flexibility index (Phi) is 2.67. The second-order valence-electron chi connectivity index (χ2n) is 3.81. The Hall–Kier alpha value is -0.900. The van der Waals surface area contributed by atoms with Crippen molar-refractivity contribution in [1.29, 1.82) is 0 Å². The van der Waals surface area contributed by atoms with E-state index in [1.165, 1.54) is 16.4 Å². The first kappa shape index (κ1) is 10.3. The zero-order valence-corrected chi connectivity index (χ0v) is 10.9. The molecule has 0 saturated heterocycles. The van der Waals surface area contributed by atoms with Gasteiger partial charge in [0.25, 0.3) is 0 Å². The molecule has 3 heteroatoms. The number of benzene rings is 2. The number of hydrogen-bond acceptors (Lipinski definition) is 1. The third-order valence-corrected chi connectivity index (χ3v) is 4.56. The van der Waals surface area contributed by atoms with Gasteiger partial charge in [0, 0.05) is 12.0 Å². The number of para-hydroxylation sites is 1. The standard InChI is InChI=1S/C13H12OP2/c15-16-13-7-3-6-12-10(13)8-9-4-1-2-5-11(9)14-12/h1-7,16H,8,15H2. The van der Waals surface area contributed by atoms with Crippen molar-refractivity contribution in [3.8, 4) is 11.5 Å². The minimum atomic E-state index is 0.743. The Bertz CT molecular complexity index is 537. The second kappa shape index (κ2) is 4.17. The van der Waals surface area contributed by atoms with Gasteiger partial charge >= 0.3 is 0 Å². The van der Waals surface area contributed by atoms with Crippen LogP contribution in [0.15, 0.2) is 42.5 Å². The van der Waals surface area contributed by atoms with Crippen molar-refractivity contribution in [3.63, 3.8) is 0 Å².